The van der Waals surface area contributed by atoms with E-state index in [9.17, 15) is 14.7 Å². The number of ether oxygens (including phenoxy) is 1. The Morgan fingerprint density at radius 3 is 2.05 bits per heavy atom. The summed E-state index contributed by atoms with van der Waals surface area (Å²) >= 11 is 0. The van der Waals surface area contributed by atoms with Crippen LogP contribution in [0.4, 0.5) is 0 Å². The van der Waals surface area contributed by atoms with E-state index in [1.54, 1.807) is 0 Å². The van der Waals surface area contributed by atoms with E-state index in [0.29, 0.717) is 6.42 Å². The molecular formula is C31H42O5Si. The van der Waals surface area contributed by atoms with E-state index in [-0.39, 0.29) is 28.9 Å². The molecule has 2 aromatic rings. The van der Waals surface area contributed by atoms with Crippen molar-refractivity contribution in [1.82, 2.24) is 0 Å². The predicted octanol–water partition coefficient (Wildman–Crippen LogP) is 4.64. The Hall–Kier alpha value is -2.28. The summed E-state index contributed by atoms with van der Waals surface area (Å²) in [5, 5.41) is 13.7. The van der Waals surface area contributed by atoms with E-state index in [4.69, 9.17) is 9.16 Å². The number of hydrogen-bond acceptors (Lipinski definition) is 5. The number of fused-ring (bicyclic) bond motifs is 1. The van der Waals surface area contributed by atoms with Gasteiger partial charge in [-0.05, 0) is 52.4 Å². The van der Waals surface area contributed by atoms with E-state index < -0.39 is 31.6 Å². The minimum Gasteiger partial charge on any atom is -0.467 e. The molecule has 6 heteroatoms. The van der Waals surface area contributed by atoms with Gasteiger partial charge in [0.25, 0.3) is 8.32 Å². The van der Waals surface area contributed by atoms with Crippen LogP contribution < -0.4 is 10.4 Å². The van der Waals surface area contributed by atoms with Crippen LogP contribution in [0.1, 0.15) is 66.7 Å². The third-order valence-corrected chi connectivity index (χ3v) is 14.4. The Labute approximate surface area is 222 Å². The van der Waals surface area contributed by atoms with Gasteiger partial charge >= 0.3 is 5.97 Å². The average molecular weight is 523 g/mol. The van der Waals surface area contributed by atoms with Crippen molar-refractivity contribution >= 4 is 30.4 Å². The molecule has 0 bridgehead atoms. The number of aliphatic hydroxyl groups is 1. The Kier molecular flexibility index (Phi) is 7.59. The summed E-state index contributed by atoms with van der Waals surface area (Å²) in [6, 6.07) is 21.2. The smallest absolute Gasteiger partial charge is 0.346 e. The van der Waals surface area contributed by atoms with Crippen LogP contribution in [-0.2, 0) is 18.8 Å². The molecule has 0 aliphatic heterocycles. The molecule has 5 nitrogen and oxygen atoms in total. The molecule has 1 N–H and O–H groups in total. The van der Waals surface area contributed by atoms with Gasteiger partial charge < -0.3 is 14.3 Å². The van der Waals surface area contributed by atoms with Gasteiger partial charge in [0.05, 0.1) is 7.11 Å². The molecule has 2 saturated carbocycles. The normalized spacial score (nSPS) is 30.5. The van der Waals surface area contributed by atoms with Gasteiger partial charge in [-0.15, -0.1) is 0 Å². The van der Waals surface area contributed by atoms with Crippen LogP contribution in [0.25, 0.3) is 0 Å². The molecule has 2 aromatic carbocycles. The van der Waals surface area contributed by atoms with Gasteiger partial charge in [-0.1, -0.05) is 95.3 Å². The zero-order valence-electron chi connectivity index (χ0n) is 23.1. The molecule has 0 radical (unpaired) electrons. The van der Waals surface area contributed by atoms with Gasteiger partial charge in [-0.3, -0.25) is 4.79 Å². The highest BCUT2D eigenvalue weighted by Crippen LogP contribution is 2.57. The lowest BCUT2D eigenvalue weighted by Crippen LogP contribution is -2.69. The Balaban J connectivity index is 1.72. The first kappa shape index (κ1) is 27.7. The van der Waals surface area contributed by atoms with Gasteiger partial charge in [0.1, 0.15) is 0 Å². The summed E-state index contributed by atoms with van der Waals surface area (Å²) in [7, 11) is -1.48. The molecule has 0 unspecified atom stereocenters. The summed E-state index contributed by atoms with van der Waals surface area (Å²) < 4.78 is 12.3. The fourth-order valence-electron chi connectivity index (χ4n) is 7.43. The standard InChI is InChI=1S/C31H42O5Si/c1-7-26-30(5)19-18-23(20-22(30)21-27(32)31(26,34)28(33)35-6)36-37(29(2,3)4,24-14-10-8-11-15-24)25-16-12-9-13-17-25/h8-17,22-23,26,34H,7,18-21H2,1-6H3/t22-,23+,26-,30+,31+/m1/s1. The summed E-state index contributed by atoms with van der Waals surface area (Å²) in [5.74, 6) is -1.69. The zero-order chi connectivity index (χ0) is 27.1. The van der Waals surface area contributed by atoms with Crippen LogP contribution in [0.2, 0.25) is 5.04 Å². The monoisotopic (exact) mass is 522 g/mol. The van der Waals surface area contributed by atoms with Gasteiger partial charge in [0, 0.05) is 18.4 Å². The molecule has 2 fully saturated rings. The van der Waals surface area contributed by atoms with Crippen molar-refractivity contribution in [1.29, 1.82) is 0 Å². The van der Waals surface area contributed by atoms with Crippen LogP contribution in [0.3, 0.4) is 0 Å². The second-order valence-corrected chi connectivity index (χ2v) is 16.5. The lowest BCUT2D eigenvalue weighted by Gasteiger charge is -2.57. The number of methoxy groups -OCH3 is 1. The van der Waals surface area contributed by atoms with Crippen LogP contribution >= 0.6 is 0 Å². The van der Waals surface area contributed by atoms with Crippen molar-refractivity contribution in [3.8, 4) is 0 Å². The van der Waals surface area contributed by atoms with Gasteiger partial charge in [-0.25, -0.2) is 4.79 Å². The van der Waals surface area contributed by atoms with E-state index in [1.807, 2.05) is 19.1 Å². The highest BCUT2D eigenvalue weighted by molar-refractivity contribution is 6.99. The predicted molar refractivity (Wildman–Crippen MR) is 148 cm³/mol. The van der Waals surface area contributed by atoms with E-state index >= 15 is 0 Å². The summed E-state index contributed by atoms with van der Waals surface area (Å²) in [6.45, 7) is 10.9. The number of carbonyl (C=O) groups excluding carboxylic acids is 2. The average Bonchev–Trinajstić information content (AvgIpc) is 2.88. The molecular weight excluding hydrogens is 480 g/mol. The first-order chi connectivity index (χ1) is 17.4. The topological polar surface area (TPSA) is 72.8 Å². The van der Waals surface area contributed by atoms with Crippen molar-refractivity contribution in [3.05, 3.63) is 60.7 Å². The molecule has 2 aliphatic rings. The van der Waals surface area contributed by atoms with Gasteiger partial charge in [0.15, 0.2) is 5.78 Å². The largest absolute Gasteiger partial charge is 0.467 e. The number of hydrogen-bond donors (Lipinski definition) is 1. The van der Waals surface area contributed by atoms with Crippen LogP contribution in [0.5, 0.6) is 0 Å². The maximum Gasteiger partial charge on any atom is 0.346 e. The lowest BCUT2D eigenvalue weighted by atomic mass is 9.50. The van der Waals surface area contributed by atoms with Gasteiger partial charge in [-0.2, -0.15) is 0 Å². The number of carbonyl (C=O) groups is 2. The minimum absolute atomic E-state index is 0.0148. The van der Waals surface area contributed by atoms with Crippen molar-refractivity contribution in [2.24, 2.45) is 17.3 Å². The highest BCUT2D eigenvalue weighted by atomic mass is 28.4. The SMILES string of the molecule is CC[C@H]1[C@@](O)(C(=O)OC)C(=O)C[C@H]2C[C@@H](O[Si](c3ccccc3)(c3ccccc3)C(C)(C)C)CC[C@@]21C. The summed E-state index contributed by atoms with van der Waals surface area (Å²) in [4.78, 5) is 25.9. The fraction of sp³-hybridized carbons (Fsp3) is 0.548. The molecule has 0 heterocycles. The first-order valence-corrected chi connectivity index (χ1v) is 15.5. The van der Waals surface area contributed by atoms with Gasteiger partial charge in [0.2, 0.25) is 5.60 Å². The lowest BCUT2D eigenvalue weighted by molar-refractivity contribution is -0.197. The molecule has 200 valence electrons. The van der Waals surface area contributed by atoms with E-state index in [0.717, 1.165) is 19.3 Å². The minimum atomic E-state index is -2.72. The molecule has 0 aromatic heterocycles. The maximum atomic E-state index is 13.3. The zero-order valence-corrected chi connectivity index (χ0v) is 24.1. The van der Waals surface area contributed by atoms with Crippen LogP contribution in [-0.4, -0.2) is 44.0 Å². The van der Waals surface area contributed by atoms with Crippen molar-refractivity contribution < 1.29 is 23.9 Å². The van der Waals surface area contributed by atoms with E-state index in [2.05, 4.69) is 76.2 Å². The second-order valence-electron chi connectivity index (χ2n) is 12.2. The van der Waals surface area contributed by atoms with Crippen LogP contribution in [0, 0.1) is 17.3 Å². The number of esters is 1. The molecule has 4 rings (SSSR count). The van der Waals surface area contributed by atoms with Crippen molar-refractivity contribution in [2.75, 3.05) is 7.11 Å². The number of Topliss-reactive ketones (excluding diaryl/α,β-unsaturated/α-hetero) is 1. The number of rotatable bonds is 6. The van der Waals surface area contributed by atoms with Crippen molar-refractivity contribution in [3.63, 3.8) is 0 Å². The summed E-state index contributed by atoms with van der Waals surface area (Å²) in [6.07, 6.45) is 3.02. The first-order valence-electron chi connectivity index (χ1n) is 13.6. The second kappa shape index (κ2) is 10.1. The molecule has 2 aliphatic carbocycles. The fourth-order valence-corrected chi connectivity index (χ4v) is 12.2. The quantitative estimate of drug-likeness (QED) is 0.340. The maximum absolute atomic E-state index is 13.3. The highest BCUT2D eigenvalue weighted by Gasteiger charge is 2.64. The third-order valence-electron chi connectivity index (χ3n) is 9.31. The molecule has 0 spiro atoms. The number of ketones is 1. The Bertz CT molecular complexity index is 1070. The molecule has 37 heavy (non-hydrogen) atoms. The molecule has 5 atom stereocenters. The molecule has 0 amide bonds. The number of benzene rings is 2. The summed E-state index contributed by atoms with van der Waals surface area (Å²) in [5.41, 5.74) is -2.42. The third kappa shape index (κ3) is 4.41. The Morgan fingerprint density at radius 1 is 1.05 bits per heavy atom. The van der Waals surface area contributed by atoms with E-state index in [1.165, 1.54) is 17.5 Å². The molecule has 0 saturated heterocycles. The Morgan fingerprint density at radius 2 is 1.59 bits per heavy atom. The van der Waals surface area contributed by atoms with Crippen molar-refractivity contribution in [2.45, 2.75) is 83.5 Å². The van der Waals surface area contributed by atoms with Crippen LogP contribution in [0.15, 0.2) is 60.7 Å².